The summed E-state index contributed by atoms with van der Waals surface area (Å²) in [6.07, 6.45) is 5.88. The Morgan fingerprint density at radius 3 is 2.27 bits per heavy atom. The summed E-state index contributed by atoms with van der Waals surface area (Å²) in [7, 11) is 0. The first-order valence-corrected chi connectivity index (χ1v) is 14.1. The Morgan fingerprint density at radius 1 is 0.946 bits per heavy atom. The zero-order valence-electron chi connectivity index (χ0n) is 22.5. The summed E-state index contributed by atoms with van der Waals surface area (Å²) in [4.78, 5) is 23.1. The van der Waals surface area contributed by atoms with Gasteiger partial charge in [-0.3, -0.25) is 9.69 Å². The van der Waals surface area contributed by atoms with E-state index >= 15 is 0 Å². The lowest BCUT2D eigenvalue weighted by Crippen LogP contribution is -2.29. The quantitative estimate of drug-likeness (QED) is 0.336. The lowest BCUT2D eigenvalue weighted by Gasteiger charge is -2.28. The third-order valence-electron chi connectivity index (χ3n) is 7.42. The van der Waals surface area contributed by atoms with Crippen LogP contribution in [0, 0.1) is 27.7 Å². The van der Waals surface area contributed by atoms with E-state index in [1.165, 1.54) is 53.5 Å². The van der Waals surface area contributed by atoms with Crippen LogP contribution in [0.3, 0.4) is 0 Å². The monoisotopic (exact) mass is 512 g/mol. The second kappa shape index (κ2) is 10.6. The molecule has 2 saturated heterocycles. The number of nitrogens with zero attached hydrogens (tertiary/aromatic N) is 4. The molecule has 192 valence electrons. The Labute approximate surface area is 224 Å². The Hall–Kier alpha value is -3.25. The van der Waals surface area contributed by atoms with E-state index in [-0.39, 0.29) is 5.91 Å². The highest BCUT2D eigenvalue weighted by Gasteiger charge is 2.32. The topological polar surface area (TPSA) is 40.8 Å². The molecule has 2 fully saturated rings. The first-order chi connectivity index (χ1) is 17.9. The highest BCUT2D eigenvalue weighted by atomic mass is 32.2. The summed E-state index contributed by atoms with van der Waals surface area (Å²) < 4.78 is 2.30. The second-order valence-electron chi connectivity index (χ2n) is 10.0. The van der Waals surface area contributed by atoms with Crippen molar-refractivity contribution < 1.29 is 4.79 Å². The molecule has 2 aliphatic heterocycles. The smallest absolute Gasteiger partial charge is 0.266 e. The number of para-hydroxylation sites is 1. The fourth-order valence-electron chi connectivity index (χ4n) is 5.45. The van der Waals surface area contributed by atoms with E-state index in [0.29, 0.717) is 11.4 Å². The van der Waals surface area contributed by atoms with Crippen molar-refractivity contribution in [1.29, 1.82) is 0 Å². The number of piperidine rings is 1. The van der Waals surface area contributed by atoms with E-state index in [9.17, 15) is 4.79 Å². The molecule has 0 spiro atoms. The van der Waals surface area contributed by atoms with E-state index in [2.05, 4.69) is 85.7 Å². The largest absolute Gasteiger partial charge is 0.372 e. The van der Waals surface area contributed by atoms with Gasteiger partial charge in [0.2, 0.25) is 0 Å². The number of hydrogen-bond donors (Lipinski definition) is 0. The Kier molecular flexibility index (Phi) is 7.29. The van der Waals surface area contributed by atoms with Crippen LogP contribution in [0.2, 0.25) is 0 Å². The maximum absolute atomic E-state index is 13.3. The van der Waals surface area contributed by atoms with Crippen LogP contribution in [-0.2, 0) is 4.79 Å². The van der Waals surface area contributed by atoms with Gasteiger partial charge in [0.1, 0.15) is 0 Å². The van der Waals surface area contributed by atoms with E-state index in [1.54, 1.807) is 4.90 Å². The third kappa shape index (κ3) is 4.99. The number of rotatable bonds is 5. The Morgan fingerprint density at radius 2 is 1.62 bits per heavy atom. The van der Waals surface area contributed by atoms with Gasteiger partial charge in [0.05, 0.1) is 16.3 Å². The van der Waals surface area contributed by atoms with Gasteiger partial charge in [-0.05, 0) is 119 Å². The highest BCUT2D eigenvalue weighted by molar-refractivity contribution is 8.18. The molecule has 0 aliphatic carbocycles. The van der Waals surface area contributed by atoms with Gasteiger partial charge in [0.25, 0.3) is 5.91 Å². The van der Waals surface area contributed by atoms with E-state index in [1.807, 2.05) is 13.0 Å². The van der Waals surface area contributed by atoms with Crippen molar-refractivity contribution in [3.8, 4) is 5.69 Å². The molecule has 0 N–H and O–H groups in total. The first kappa shape index (κ1) is 25.4. The van der Waals surface area contributed by atoms with Crippen molar-refractivity contribution in [2.45, 2.75) is 53.9 Å². The molecule has 1 amide bonds. The molecule has 0 unspecified atom stereocenters. The first-order valence-electron chi connectivity index (χ1n) is 13.3. The molecule has 0 bridgehead atoms. The zero-order valence-corrected chi connectivity index (χ0v) is 23.4. The third-order valence-corrected chi connectivity index (χ3v) is 8.43. The number of thioether (sulfide) groups is 1. The van der Waals surface area contributed by atoms with Gasteiger partial charge in [0.15, 0.2) is 5.17 Å². The fourth-order valence-corrected chi connectivity index (χ4v) is 6.50. The summed E-state index contributed by atoms with van der Waals surface area (Å²) in [5, 5.41) is 0.744. The summed E-state index contributed by atoms with van der Waals surface area (Å²) in [6, 6.07) is 17.0. The van der Waals surface area contributed by atoms with Crippen LogP contribution in [0.25, 0.3) is 11.8 Å². The average molecular weight is 513 g/mol. The van der Waals surface area contributed by atoms with E-state index in [4.69, 9.17) is 4.99 Å². The SMILES string of the molecule is CCN1C(=O)/C(=C/c2cc(C)n(-c3c(C)cccc3C)c2C)SC1=Nc1ccc(N2CCCCC2)cc1. The molecule has 5 nitrogen and oxygen atoms in total. The zero-order chi connectivity index (χ0) is 26.1. The van der Waals surface area contributed by atoms with Crippen LogP contribution >= 0.6 is 11.8 Å². The van der Waals surface area contributed by atoms with Gasteiger partial charge in [-0.25, -0.2) is 4.99 Å². The van der Waals surface area contributed by atoms with Gasteiger partial charge < -0.3 is 9.47 Å². The van der Waals surface area contributed by atoms with E-state index < -0.39 is 0 Å². The van der Waals surface area contributed by atoms with Gasteiger partial charge in [0, 0.05) is 36.7 Å². The van der Waals surface area contributed by atoms with Crippen molar-refractivity contribution in [1.82, 2.24) is 9.47 Å². The number of anilines is 1. The van der Waals surface area contributed by atoms with E-state index in [0.717, 1.165) is 40.9 Å². The average Bonchev–Trinajstić information content (AvgIpc) is 3.34. The number of aryl methyl sites for hydroxylation is 3. The van der Waals surface area contributed by atoms with Crippen LogP contribution in [0.1, 0.15) is 54.3 Å². The van der Waals surface area contributed by atoms with Gasteiger partial charge in [-0.1, -0.05) is 18.2 Å². The molecular formula is C31H36N4OS. The van der Waals surface area contributed by atoms with Crippen molar-refractivity contribution in [3.05, 3.63) is 81.5 Å². The summed E-state index contributed by atoms with van der Waals surface area (Å²) >= 11 is 1.47. The molecule has 2 aromatic carbocycles. The number of aliphatic imine (C=N–C) groups is 1. The number of carbonyl (C=O) groups is 1. The lowest BCUT2D eigenvalue weighted by molar-refractivity contribution is -0.122. The lowest BCUT2D eigenvalue weighted by atomic mass is 10.1. The number of likely N-dealkylation sites (N-methyl/N-ethyl adjacent to an activating group) is 1. The predicted molar refractivity (Wildman–Crippen MR) is 157 cm³/mol. The Balaban J connectivity index is 1.43. The van der Waals surface area contributed by atoms with Crippen molar-refractivity contribution in [3.63, 3.8) is 0 Å². The second-order valence-corrected chi connectivity index (χ2v) is 11.0. The number of hydrogen-bond acceptors (Lipinski definition) is 4. The fraction of sp³-hybridized carbons (Fsp3) is 0.355. The highest BCUT2D eigenvalue weighted by Crippen LogP contribution is 2.36. The molecule has 6 heteroatoms. The van der Waals surface area contributed by atoms with Crippen LogP contribution in [-0.4, -0.2) is 40.2 Å². The molecule has 37 heavy (non-hydrogen) atoms. The molecule has 0 atom stereocenters. The standard InChI is InChI=1S/C31H36N4OS/c1-6-34-30(36)28(20-25-19-23(4)35(24(25)5)29-21(2)11-10-12-22(29)3)37-31(34)32-26-13-15-27(16-14-26)33-17-8-7-9-18-33/h10-16,19-20H,6-9,17-18H2,1-5H3/b28-20-,32-31?. The molecule has 1 aromatic heterocycles. The van der Waals surface area contributed by atoms with Gasteiger partial charge in [-0.15, -0.1) is 0 Å². The Bertz CT molecular complexity index is 1360. The summed E-state index contributed by atoms with van der Waals surface area (Å²) in [5.41, 5.74) is 9.20. The minimum absolute atomic E-state index is 0.0214. The maximum atomic E-state index is 13.3. The predicted octanol–water partition coefficient (Wildman–Crippen LogP) is 7.33. The summed E-state index contributed by atoms with van der Waals surface area (Å²) in [6.45, 7) is 13.4. The molecule has 0 saturated carbocycles. The van der Waals surface area contributed by atoms with Crippen molar-refractivity contribution >= 4 is 40.3 Å². The normalized spacial score (nSPS) is 18.5. The van der Waals surface area contributed by atoms with Gasteiger partial charge in [-0.2, -0.15) is 0 Å². The minimum atomic E-state index is 0.0214. The van der Waals surface area contributed by atoms with Crippen molar-refractivity contribution in [2.24, 2.45) is 4.99 Å². The van der Waals surface area contributed by atoms with Crippen LogP contribution in [0.15, 0.2) is 58.4 Å². The molecule has 3 heterocycles. The van der Waals surface area contributed by atoms with Crippen LogP contribution < -0.4 is 4.90 Å². The number of aromatic nitrogens is 1. The van der Waals surface area contributed by atoms with Gasteiger partial charge >= 0.3 is 0 Å². The number of amides is 1. The van der Waals surface area contributed by atoms with Crippen LogP contribution in [0.5, 0.6) is 0 Å². The molecule has 5 rings (SSSR count). The minimum Gasteiger partial charge on any atom is -0.372 e. The van der Waals surface area contributed by atoms with Crippen molar-refractivity contribution in [2.75, 3.05) is 24.5 Å². The number of amidine groups is 1. The molecule has 2 aliphatic rings. The summed E-state index contributed by atoms with van der Waals surface area (Å²) in [5.74, 6) is 0.0214. The van der Waals surface area contributed by atoms with Crippen LogP contribution in [0.4, 0.5) is 11.4 Å². The molecular weight excluding hydrogens is 476 g/mol. The number of carbonyl (C=O) groups excluding carboxylic acids is 1. The maximum Gasteiger partial charge on any atom is 0.266 e. The molecule has 0 radical (unpaired) electrons. The number of benzene rings is 2. The molecule has 3 aromatic rings.